The fraction of sp³-hybridized carbons (Fsp3) is 0.471. The van der Waals surface area contributed by atoms with Gasteiger partial charge in [-0.25, -0.2) is 0 Å². The number of non-ortho nitro benzene ring substituents is 1. The van der Waals surface area contributed by atoms with Gasteiger partial charge in [0.25, 0.3) is 5.69 Å². The Morgan fingerprint density at radius 3 is 2.48 bits per heavy atom. The highest BCUT2D eigenvalue weighted by Crippen LogP contribution is 2.23. The lowest BCUT2D eigenvalue weighted by Gasteiger charge is -2.08. The van der Waals surface area contributed by atoms with E-state index in [1.54, 1.807) is 23.5 Å². The van der Waals surface area contributed by atoms with E-state index in [1.807, 2.05) is 12.1 Å². The zero-order chi connectivity index (χ0) is 16.7. The Kier molecular flexibility index (Phi) is 6.52. The third-order valence-electron chi connectivity index (χ3n) is 3.67. The van der Waals surface area contributed by atoms with Crippen LogP contribution >= 0.6 is 11.3 Å². The molecule has 0 aliphatic carbocycles. The van der Waals surface area contributed by atoms with E-state index in [4.69, 9.17) is 4.99 Å². The van der Waals surface area contributed by atoms with Crippen molar-refractivity contribution in [2.75, 3.05) is 6.54 Å². The summed E-state index contributed by atoms with van der Waals surface area (Å²) in [6, 6.07) is 6.76. The maximum Gasteiger partial charge on any atom is 0.269 e. The first-order valence-corrected chi connectivity index (χ1v) is 8.99. The lowest BCUT2D eigenvalue weighted by molar-refractivity contribution is -0.384. The molecule has 6 heteroatoms. The van der Waals surface area contributed by atoms with Crippen molar-refractivity contribution in [3.63, 3.8) is 0 Å². The summed E-state index contributed by atoms with van der Waals surface area (Å²) in [5, 5.41) is 12.9. The molecule has 0 spiro atoms. The van der Waals surface area contributed by atoms with Gasteiger partial charge in [0.15, 0.2) is 4.80 Å². The largest absolute Gasteiger partial charge is 0.317 e. The lowest BCUT2D eigenvalue weighted by atomic mass is 10.1. The predicted molar refractivity (Wildman–Crippen MR) is 94.6 cm³/mol. The standard InChI is InChI=1S/C17H23N3O2S/c1-3-5-11-18-17-19(12-6-4-2)16(13-23-17)14-7-9-15(10-8-14)20(21)22/h7-10,13H,3-6,11-12H2,1-2H3. The number of unbranched alkanes of at least 4 members (excludes halogenated alkanes) is 2. The minimum atomic E-state index is -0.367. The quantitative estimate of drug-likeness (QED) is 0.402. The van der Waals surface area contributed by atoms with Crippen LogP contribution in [0, 0.1) is 10.1 Å². The fourth-order valence-corrected chi connectivity index (χ4v) is 3.27. The Balaban J connectivity index is 2.36. The Morgan fingerprint density at radius 1 is 1.17 bits per heavy atom. The summed E-state index contributed by atoms with van der Waals surface area (Å²) in [5.74, 6) is 0. The van der Waals surface area contributed by atoms with Crippen LogP contribution in [-0.2, 0) is 6.54 Å². The normalized spacial score (nSPS) is 11.8. The van der Waals surface area contributed by atoms with Crippen LogP contribution in [0.3, 0.4) is 0 Å². The van der Waals surface area contributed by atoms with Gasteiger partial charge in [-0.1, -0.05) is 26.7 Å². The van der Waals surface area contributed by atoms with Crippen LogP contribution in [0.1, 0.15) is 39.5 Å². The van der Waals surface area contributed by atoms with E-state index in [2.05, 4.69) is 23.8 Å². The summed E-state index contributed by atoms with van der Waals surface area (Å²) in [6.07, 6.45) is 4.45. The van der Waals surface area contributed by atoms with Crippen molar-refractivity contribution in [1.29, 1.82) is 0 Å². The summed E-state index contributed by atoms with van der Waals surface area (Å²) in [5.41, 5.74) is 2.21. The number of nitro groups is 1. The molecular formula is C17H23N3O2S. The van der Waals surface area contributed by atoms with Gasteiger partial charge in [-0.2, -0.15) is 0 Å². The third kappa shape index (κ3) is 4.51. The SMILES string of the molecule is CCCCN=c1scc(-c2ccc([N+](=O)[O-])cc2)n1CCCC. The Labute approximate surface area is 140 Å². The van der Waals surface area contributed by atoms with Gasteiger partial charge in [0, 0.05) is 30.6 Å². The van der Waals surface area contributed by atoms with Gasteiger partial charge >= 0.3 is 0 Å². The number of aromatic nitrogens is 1. The molecule has 5 nitrogen and oxygen atoms in total. The lowest BCUT2D eigenvalue weighted by Crippen LogP contribution is -2.16. The topological polar surface area (TPSA) is 60.4 Å². The van der Waals surface area contributed by atoms with Crippen LogP contribution in [-0.4, -0.2) is 16.0 Å². The van der Waals surface area contributed by atoms with Crippen molar-refractivity contribution in [2.45, 2.75) is 46.1 Å². The molecule has 0 radical (unpaired) electrons. The zero-order valence-corrected chi connectivity index (χ0v) is 14.5. The van der Waals surface area contributed by atoms with Crippen LogP contribution in [0.4, 0.5) is 5.69 Å². The predicted octanol–water partition coefficient (Wildman–Crippen LogP) is 4.63. The van der Waals surface area contributed by atoms with Gasteiger partial charge < -0.3 is 4.57 Å². The Hall–Kier alpha value is -1.95. The Morgan fingerprint density at radius 2 is 1.87 bits per heavy atom. The van der Waals surface area contributed by atoms with Crippen LogP contribution in [0.25, 0.3) is 11.3 Å². The number of rotatable bonds is 8. The van der Waals surface area contributed by atoms with E-state index in [-0.39, 0.29) is 10.6 Å². The fourth-order valence-electron chi connectivity index (χ4n) is 2.30. The highest BCUT2D eigenvalue weighted by atomic mass is 32.1. The van der Waals surface area contributed by atoms with Gasteiger partial charge in [-0.15, -0.1) is 11.3 Å². The molecule has 1 heterocycles. The van der Waals surface area contributed by atoms with Gasteiger partial charge in [0.05, 0.1) is 10.6 Å². The molecule has 0 saturated carbocycles. The molecule has 2 rings (SSSR count). The molecular weight excluding hydrogens is 310 g/mol. The van der Waals surface area contributed by atoms with Crippen LogP contribution in [0.2, 0.25) is 0 Å². The number of hydrogen-bond donors (Lipinski definition) is 0. The second-order valence-electron chi connectivity index (χ2n) is 5.45. The molecule has 0 aliphatic rings. The van der Waals surface area contributed by atoms with Crippen molar-refractivity contribution in [1.82, 2.24) is 4.57 Å². The molecule has 0 amide bonds. The molecule has 0 saturated heterocycles. The summed E-state index contributed by atoms with van der Waals surface area (Å²) in [4.78, 5) is 16.2. The Bertz CT molecular complexity index is 701. The molecule has 2 aromatic rings. The summed E-state index contributed by atoms with van der Waals surface area (Å²) in [7, 11) is 0. The average molecular weight is 333 g/mol. The number of nitro benzene ring substituents is 1. The number of thiazole rings is 1. The summed E-state index contributed by atoms with van der Waals surface area (Å²) < 4.78 is 2.24. The monoisotopic (exact) mass is 333 g/mol. The van der Waals surface area contributed by atoms with E-state index in [9.17, 15) is 10.1 Å². The van der Waals surface area contributed by atoms with Gasteiger partial charge in [-0.3, -0.25) is 15.1 Å². The molecule has 1 aromatic carbocycles. The first-order valence-electron chi connectivity index (χ1n) is 8.11. The molecule has 0 unspecified atom stereocenters. The van der Waals surface area contributed by atoms with Crippen molar-refractivity contribution in [3.8, 4) is 11.3 Å². The number of nitrogens with zero attached hydrogens (tertiary/aromatic N) is 3. The second kappa shape index (κ2) is 8.62. The van der Waals surface area contributed by atoms with E-state index >= 15 is 0 Å². The average Bonchev–Trinajstić information content (AvgIpc) is 2.96. The van der Waals surface area contributed by atoms with Crippen LogP contribution in [0.5, 0.6) is 0 Å². The smallest absolute Gasteiger partial charge is 0.269 e. The first kappa shape index (κ1) is 17.4. The van der Waals surface area contributed by atoms with Crippen molar-refractivity contribution >= 4 is 17.0 Å². The second-order valence-corrected chi connectivity index (χ2v) is 6.28. The maximum absolute atomic E-state index is 10.8. The zero-order valence-electron chi connectivity index (χ0n) is 13.7. The van der Waals surface area contributed by atoms with Crippen LogP contribution < -0.4 is 4.80 Å². The maximum atomic E-state index is 10.8. The highest BCUT2D eigenvalue weighted by molar-refractivity contribution is 7.07. The highest BCUT2D eigenvalue weighted by Gasteiger charge is 2.10. The molecule has 23 heavy (non-hydrogen) atoms. The summed E-state index contributed by atoms with van der Waals surface area (Å²) in [6.45, 7) is 6.11. The van der Waals surface area contributed by atoms with E-state index in [1.165, 1.54) is 0 Å². The third-order valence-corrected chi connectivity index (χ3v) is 4.57. The number of benzene rings is 1. The molecule has 0 aliphatic heterocycles. The van der Waals surface area contributed by atoms with E-state index in [0.29, 0.717) is 0 Å². The molecule has 124 valence electrons. The summed E-state index contributed by atoms with van der Waals surface area (Å²) >= 11 is 1.64. The first-order chi connectivity index (χ1) is 11.2. The van der Waals surface area contributed by atoms with E-state index < -0.39 is 0 Å². The minimum absolute atomic E-state index is 0.122. The molecule has 0 N–H and O–H groups in total. The van der Waals surface area contributed by atoms with Gasteiger partial charge in [0.1, 0.15) is 0 Å². The van der Waals surface area contributed by atoms with Crippen molar-refractivity contribution in [3.05, 3.63) is 44.6 Å². The van der Waals surface area contributed by atoms with Crippen molar-refractivity contribution in [2.24, 2.45) is 4.99 Å². The molecule has 1 aromatic heterocycles. The molecule has 0 fully saturated rings. The molecule has 0 bridgehead atoms. The minimum Gasteiger partial charge on any atom is -0.317 e. The van der Waals surface area contributed by atoms with Gasteiger partial charge in [-0.05, 0) is 30.5 Å². The van der Waals surface area contributed by atoms with Gasteiger partial charge in [0.2, 0.25) is 0 Å². The molecule has 0 atom stereocenters. The van der Waals surface area contributed by atoms with Crippen molar-refractivity contribution < 1.29 is 4.92 Å². The van der Waals surface area contributed by atoms with E-state index in [0.717, 1.165) is 54.8 Å². The van der Waals surface area contributed by atoms with Crippen LogP contribution in [0.15, 0.2) is 34.6 Å². The number of hydrogen-bond acceptors (Lipinski definition) is 4.